The molecule has 1 unspecified atom stereocenters. The van der Waals surface area contributed by atoms with Gasteiger partial charge >= 0.3 is 0 Å². The predicted molar refractivity (Wildman–Crippen MR) is 121 cm³/mol. The number of rotatable bonds is 10. The average molecular weight is 420 g/mol. The smallest absolute Gasteiger partial charge is 0.223 e. The van der Waals surface area contributed by atoms with E-state index in [1.807, 2.05) is 11.9 Å². The molecule has 1 saturated heterocycles. The quantitative estimate of drug-likeness (QED) is 0.590. The van der Waals surface area contributed by atoms with E-state index in [2.05, 4.69) is 42.3 Å². The van der Waals surface area contributed by atoms with Crippen molar-refractivity contribution < 1.29 is 9.00 Å². The fourth-order valence-electron chi connectivity index (χ4n) is 4.19. The first-order chi connectivity index (χ1) is 13.9. The molecule has 5 nitrogen and oxygen atoms in total. The van der Waals surface area contributed by atoms with E-state index in [0.717, 1.165) is 75.3 Å². The van der Waals surface area contributed by atoms with Crippen molar-refractivity contribution in [2.24, 2.45) is 5.41 Å². The van der Waals surface area contributed by atoms with Crippen LogP contribution >= 0.6 is 0 Å². The van der Waals surface area contributed by atoms with Crippen LogP contribution in [0.4, 0.5) is 5.69 Å². The van der Waals surface area contributed by atoms with Crippen LogP contribution in [-0.2, 0) is 22.0 Å². The summed E-state index contributed by atoms with van der Waals surface area (Å²) in [6.07, 6.45) is 7.36. The van der Waals surface area contributed by atoms with Crippen molar-refractivity contribution >= 4 is 22.4 Å². The number of piperidine rings is 1. The molecule has 1 N–H and O–H groups in total. The first-order valence-corrected chi connectivity index (χ1v) is 12.4. The van der Waals surface area contributed by atoms with Gasteiger partial charge in [-0.25, -0.2) is 0 Å². The lowest BCUT2D eigenvalue weighted by molar-refractivity contribution is -0.137. The van der Waals surface area contributed by atoms with E-state index in [-0.39, 0.29) is 5.41 Å². The Hall–Kier alpha value is -1.40. The van der Waals surface area contributed by atoms with Crippen LogP contribution in [0, 0.1) is 5.41 Å². The van der Waals surface area contributed by atoms with Crippen molar-refractivity contribution in [2.45, 2.75) is 63.7 Å². The molecule has 2 aliphatic heterocycles. The molecule has 0 aliphatic carbocycles. The van der Waals surface area contributed by atoms with Gasteiger partial charge in [-0.3, -0.25) is 9.00 Å². The molecule has 1 aromatic rings. The maximum Gasteiger partial charge on any atom is 0.223 e. The summed E-state index contributed by atoms with van der Waals surface area (Å²) < 4.78 is 12.1. The number of nitrogens with zero attached hydrogens (tertiary/aromatic N) is 2. The van der Waals surface area contributed by atoms with Gasteiger partial charge in [-0.15, -0.1) is 0 Å². The molecule has 1 atom stereocenters. The number of aryl methyl sites for hydroxylation is 1. The second kappa shape index (κ2) is 10.1. The molecule has 6 heteroatoms. The minimum Gasteiger partial charge on any atom is -0.361 e. The van der Waals surface area contributed by atoms with E-state index in [9.17, 15) is 9.00 Å². The van der Waals surface area contributed by atoms with Crippen molar-refractivity contribution in [3.05, 3.63) is 23.8 Å². The third-order valence-electron chi connectivity index (χ3n) is 6.13. The lowest BCUT2D eigenvalue weighted by Gasteiger charge is -2.36. The van der Waals surface area contributed by atoms with Crippen molar-refractivity contribution in [1.29, 1.82) is 0 Å². The van der Waals surface area contributed by atoms with Crippen LogP contribution in [0.5, 0.6) is 0 Å². The molecular weight excluding hydrogens is 382 g/mol. The molecule has 0 saturated carbocycles. The molecule has 162 valence electrons. The number of hydrogen-bond acceptors (Lipinski definition) is 4. The molecule has 0 bridgehead atoms. The molecular formula is C23H37N3O2S. The summed E-state index contributed by atoms with van der Waals surface area (Å²) in [6.45, 7) is 8.28. The highest BCUT2D eigenvalue weighted by atomic mass is 32.2. The molecule has 0 spiro atoms. The molecule has 1 aromatic carbocycles. The molecule has 2 aliphatic rings. The second-order valence-corrected chi connectivity index (χ2v) is 10.7. The van der Waals surface area contributed by atoms with Gasteiger partial charge in [-0.2, -0.15) is 0 Å². The van der Waals surface area contributed by atoms with E-state index >= 15 is 0 Å². The number of amides is 1. The van der Waals surface area contributed by atoms with Crippen LogP contribution in [0.2, 0.25) is 0 Å². The van der Waals surface area contributed by atoms with Crippen molar-refractivity contribution in [1.82, 2.24) is 10.2 Å². The third kappa shape index (κ3) is 6.29. The minimum absolute atomic E-state index is 0.183. The lowest BCUT2D eigenvalue weighted by atomic mass is 9.82. The van der Waals surface area contributed by atoms with E-state index in [1.54, 1.807) is 0 Å². The van der Waals surface area contributed by atoms with Crippen LogP contribution in [-0.4, -0.2) is 54.1 Å². The first kappa shape index (κ1) is 22.3. The fourth-order valence-corrected chi connectivity index (χ4v) is 5.56. The van der Waals surface area contributed by atoms with Gasteiger partial charge in [0, 0.05) is 26.6 Å². The number of anilines is 1. The number of hydrogen-bond donors (Lipinski definition) is 1. The standard InChI is InChI=1S/C23H37N3O2S/c1-23(2)11-15-26(22(27)17-23)14-7-6-13-24-12-5-4-8-19-9-10-20-21(16-19)29(28)18-25(20)3/h9-10,16,24H,4-8,11-15,17-18H2,1-3H3. The van der Waals surface area contributed by atoms with Gasteiger partial charge < -0.3 is 15.1 Å². The summed E-state index contributed by atoms with van der Waals surface area (Å²) in [4.78, 5) is 17.3. The Kier molecular flexibility index (Phi) is 7.74. The highest BCUT2D eigenvalue weighted by Crippen LogP contribution is 2.31. The minimum atomic E-state index is -0.871. The number of benzene rings is 1. The van der Waals surface area contributed by atoms with Crippen LogP contribution in [0.25, 0.3) is 0 Å². The van der Waals surface area contributed by atoms with E-state index < -0.39 is 10.8 Å². The molecule has 0 aromatic heterocycles. The zero-order chi connectivity index (χ0) is 20.9. The summed E-state index contributed by atoms with van der Waals surface area (Å²) in [6, 6.07) is 6.42. The van der Waals surface area contributed by atoms with E-state index in [0.29, 0.717) is 18.2 Å². The van der Waals surface area contributed by atoms with Gasteiger partial charge in [0.15, 0.2) is 0 Å². The van der Waals surface area contributed by atoms with Gasteiger partial charge in [0.2, 0.25) is 5.91 Å². The Labute approximate surface area is 178 Å². The van der Waals surface area contributed by atoms with Crippen LogP contribution in [0.3, 0.4) is 0 Å². The number of carbonyl (C=O) groups is 1. The molecule has 1 amide bonds. The summed E-state index contributed by atoms with van der Waals surface area (Å²) in [5.41, 5.74) is 2.59. The highest BCUT2D eigenvalue weighted by Gasteiger charge is 2.30. The summed E-state index contributed by atoms with van der Waals surface area (Å²) in [5, 5.41) is 3.53. The number of nitrogens with one attached hydrogen (secondary N) is 1. The Morgan fingerprint density at radius 1 is 1.14 bits per heavy atom. The monoisotopic (exact) mass is 419 g/mol. The molecule has 29 heavy (non-hydrogen) atoms. The Morgan fingerprint density at radius 3 is 2.66 bits per heavy atom. The van der Waals surface area contributed by atoms with Crippen LogP contribution in [0.15, 0.2) is 23.1 Å². The average Bonchev–Trinajstić information content (AvgIpc) is 2.95. The van der Waals surface area contributed by atoms with E-state index in [1.165, 1.54) is 5.56 Å². The van der Waals surface area contributed by atoms with Gasteiger partial charge in [0.25, 0.3) is 0 Å². The van der Waals surface area contributed by atoms with Crippen molar-refractivity contribution in [3.8, 4) is 0 Å². The topological polar surface area (TPSA) is 52.7 Å². The summed E-state index contributed by atoms with van der Waals surface area (Å²) >= 11 is 0. The van der Waals surface area contributed by atoms with Crippen molar-refractivity contribution in [2.75, 3.05) is 44.0 Å². The van der Waals surface area contributed by atoms with Crippen molar-refractivity contribution in [3.63, 3.8) is 0 Å². The van der Waals surface area contributed by atoms with Gasteiger partial charge in [0.1, 0.15) is 0 Å². The lowest BCUT2D eigenvalue weighted by Crippen LogP contribution is -2.42. The van der Waals surface area contributed by atoms with Gasteiger partial charge in [-0.05, 0) is 74.7 Å². The highest BCUT2D eigenvalue weighted by molar-refractivity contribution is 7.85. The van der Waals surface area contributed by atoms with Crippen LogP contribution in [0.1, 0.15) is 57.9 Å². The normalized spacial score (nSPS) is 20.9. The molecule has 0 radical (unpaired) electrons. The first-order valence-electron chi connectivity index (χ1n) is 11.1. The second-order valence-electron chi connectivity index (χ2n) is 9.36. The SMILES string of the molecule is CN1CS(=O)c2cc(CCCCNCCCCN3CCC(C)(C)CC3=O)ccc21. The Balaban J connectivity index is 1.22. The van der Waals surface area contributed by atoms with Crippen LogP contribution < -0.4 is 10.2 Å². The number of fused-ring (bicyclic) bond motifs is 1. The van der Waals surface area contributed by atoms with Gasteiger partial charge in [0.05, 0.1) is 27.3 Å². The zero-order valence-corrected chi connectivity index (χ0v) is 19.2. The summed E-state index contributed by atoms with van der Waals surface area (Å²) in [5.74, 6) is 0.948. The number of likely N-dealkylation sites (tertiary alicyclic amines) is 1. The third-order valence-corrected chi connectivity index (χ3v) is 7.57. The molecule has 2 heterocycles. The zero-order valence-electron chi connectivity index (χ0n) is 18.3. The number of carbonyl (C=O) groups excluding carboxylic acids is 1. The Morgan fingerprint density at radius 2 is 1.90 bits per heavy atom. The van der Waals surface area contributed by atoms with E-state index in [4.69, 9.17) is 0 Å². The summed E-state index contributed by atoms with van der Waals surface area (Å²) in [7, 11) is 1.13. The fraction of sp³-hybridized carbons (Fsp3) is 0.696. The maximum atomic E-state index is 12.2. The Bertz CT molecular complexity index is 735. The maximum absolute atomic E-state index is 12.2. The molecule has 3 rings (SSSR count). The largest absolute Gasteiger partial charge is 0.361 e. The van der Waals surface area contributed by atoms with Gasteiger partial charge in [-0.1, -0.05) is 19.9 Å². The number of unbranched alkanes of at least 4 members (excludes halogenated alkanes) is 2. The predicted octanol–water partition coefficient (Wildman–Crippen LogP) is 3.54. The molecule has 1 fully saturated rings.